The third-order valence-electron chi connectivity index (χ3n) is 14.2. The molecule has 58 heavy (non-hydrogen) atoms. The first-order valence-corrected chi connectivity index (χ1v) is 21.1. The monoisotopic (exact) mass is 746 g/mol. The van der Waals surface area contributed by atoms with E-state index in [0.29, 0.717) is 0 Å². The van der Waals surface area contributed by atoms with Gasteiger partial charge in [-0.15, -0.1) is 0 Å². The predicted octanol–water partition coefficient (Wildman–Crippen LogP) is 14.6. The first-order valence-electron chi connectivity index (χ1n) is 21.1. The van der Waals surface area contributed by atoms with Gasteiger partial charge in [0.25, 0.3) is 0 Å². The molecule has 0 bridgehead atoms. The zero-order valence-electron chi connectivity index (χ0n) is 33.7. The minimum Gasteiger partial charge on any atom is -0.310 e. The first kappa shape index (κ1) is 33.7. The van der Waals surface area contributed by atoms with Gasteiger partial charge in [-0.1, -0.05) is 131 Å². The summed E-state index contributed by atoms with van der Waals surface area (Å²) >= 11 is 0. The summed E-state index contributed by atoms with van der Waals surface area (Å²) in [4.78, 5) is 5.04. The second-order valence-electron chi connectivity index (χ2n) is 18.0. The Hall–Kier alpha value is -6.38. The van der Waals surface area contributed by atoms with Gasteiger partial charge in [-0.25, -0.2) is 0 Å². The number of para-hydroxylation sites is 4. The summed E-state index contributed by atoms with van der Waals surface area (Å²) in [5.41, 5.74) is 23.9. The van der Waals surface area contributed by atoms with Crippen molar-refractivity contribution in [3.05, 3.63) is 202 Å². The molecule has 12 rings (SSSR count). The van der Waals surface area contributed by atoms with E-state index < -0.39 is 0 Å². The second-order valence-corrected chi connectivity index (χ2v) is 18.0. The number of hydrogen-bond acceptors (Lipinski definition) is 2. The summed E-state index contributed by atoms with van der Waals surface area (Å²) in [7, 11) is 0. The summed E-state index contributed by atoms with van der Waals surface area (Å²) in [6.45, 7) is 9.76. The van der Waals surface area contributed by atoms with Gasteiger partial charge in [0.15, 0.2) is 0 Å². The predicted molar refractivity (Wildman–Crippen MR) is 243 cm³/mol. The molecule has 0 saturated heterocycles. The lowest BCUT2D eigenvalue weighted by Gasteiger charge is -2.37. The first-order chi connectivity index (χ1) is 28.3. The Morgan fingerprint density at radius 1 is 0.362 bits per heavy atom. The Kier molecular flexibility index (Phi) is 7.02. The molecule has 2 heteroatoms. The van der Waals surface area contributed by atoms with Gasteiger partial charge in [-0.2, -0.15) is 0 Å². The third kappa shape index (κ3) is 4.60. The van der Waals surface area contributed by atoms with E-state index in [-0.39, 0.29) is 10.8 Å². The Balaban J connectivity index is 1.04. The van der Waals surface area contributed by atoms with Crippen LogP contribution < -0.4 is 9.80 Å². The number of nitrogens with zero attached hydrogens (tertiary/aromatic N) is 2. The van der Waals surface area contributed by atoms with E-state index in [4.69, 9.17) is 0 Å². The van der Waals surface area contributed by atoms with Crippen LogP contribution in [0.3, 0.4) is 0 Å². The molecule has 0 amide bonds. The van der Waals surface area contributed by atoms with Gasteiger partial charge in [0.05, 0.1) is 0 Å². The molecule has 8 aromatic carbocycles. The quantitative estimate of drug-likeness (QED) is 0.174. The molecule has 8 aromatic rings. The molecule has 2 aliphatic heterocycles. The van der Waals surface area contributed by atoms with Gasteiger partial charge in [0.2, 0.25) is 0 Å². The summed E-state index contributed by atoms with van der Waals surface area (Å²) in [5.74, 6) is 0. The molecular formula is C56H46N2. The Labute approximate surface area is 342 Å². The molecule has 2 nitrogen and oxygen atoms in total. The van der Waals surface area contributed by atoms with Crippen LogP contribution in [-0.4, -0.2) is 0 Å². The van der Waals surface area contributed by atoms with Crippen LogP contribution in [-0.2, 0) is 36.5 Å². The number of anilines is 6. The van der Waals surface area contributed by atoms with E-state index in [1.54, 1.807) is 0 Å². The highest BCUT2D eigenvalue weighted by Gasteiger charge is 2.42. The van der Waals surface area contributed by atoms with E-state index in [2.05, 4.69) is 195 Å². The van der Waals surface area contributed by atoms with Crippen LogP contribution in [0.2, 0.25) is 0 Å². The van der Waals surface area contributed by atoms with Crippen molar-refractivity contribution in [2.24, 2.45) is 0 Å². The summed E-state index contributed by atoms with van der Waals surface area (Å²) < 4.78 is 0. The third-order valence-corrected chi connectivity index (χ3v) is 14.2. The van der Waals surface area contributed by atoms with Crippen molar-refractivity contribution in [1.29, 1.82) is 0 Å². The van der Waals surface area contributed by atoms with Crippen molar-refractivity contribution < 1.29 is 0 Å². The maximum absolute atomic E-state index is 2.57. The maximum atomic E-state index is 2.57. The maximum Gasteiger partial charge on any atom is 0.0493 e. The zero-order chi connectivity index (χ0) is 38.9. The minimum atomic E-state index is -0.203. The van der Waals surface area contributed by atoms with Crippen LogP contribution in [0.15, 0.2) is 158 Å². The highest BCUT2D eigenvalue weighted by Crippen LogP contribution is 2.59. The lowest BCUT2D eigenvalue weighted by atomic mass is 9.67. The van der Waals surface area contributed by atoms with Gasteiger partial charge in [-0.3, -0.25) is 0 Å². The van der Waals surface area contributed by atoms with E-state index in [1.165, 1.54) is 112 Å². The lowest BCUT2D eigenvalue weighted by Crippen LogP contribution is -2.25. The molecule has 280 valence electrons. The molecule has 0 unspecified atom stereocenters. The van der Waals surface area contributed by atoms with Crippen molar-refractivity contribution in [1.82, 2.24) is 0 Å². The van der Waals surface area contributed by atoms with Gasteiger partial charge in [0.1, 0.15) is 0 Å². The molecule has 4 aliphatic rings. The van der Waals surface area contributed by atoms with Crippen molar-refractivity contribution in [2.75, 3.05) is 9.80 Å². The largest absolute Gasteiger partial charge is 0.310 e. The SMILES string of the molecule is CC1(C)c2cc(N3c4ccccc4CCc4ccccc43)ccc2-c2c1cc1c3c(cccc23)C(C)(C)c2cc(N3c4ccccc4CCc4ccccc43)ccc2-1. The van der Waals surface area contributed by atoms with Crippen molar-refractivity contribution in [2.45, 2.75) is 64.2 Å². The molecule has 0 spiro atoms. The topological polar surface area (TPSA) is 6.48 Å². The summed E-state index contributed by atoms with van der Waals surface area (Å²) in [6.07, 6.45) is 4.17. The fourth-order valence-electron chi connectivity index (χ4n) is 11.2. The summed E-state index contributed by atoms with van der Waals surface area (Å²) in [6, 6.07) is 60.2. The van der Waals surface area contributed by atoms with Gasteiger partial charge >= 0.3 is 0 Å². The molecule has 0 atom stereocenters. The number of benzene rings is 8. The minimum absolute atomic E-state index is 0.196. The van der Waals surface area contributed by atoms with Crippen LogP contribution in [0.1, 0.15) is 72.2 Å². The van der Waals surface area contributed by atoms with Crippen molar-refractivity contribution >= 4 is 44.9 Å². The molecule has 0 saturated carbocycles. The van der Waals surface area contributed by atoms with Gasteiger partial charge in [-0.05, 0) is 158 Å². The average Bonchev–Trinajstić information content (AvgIpc) is 3.37. The molecule has 0 aromatic heterocycles. The van der Waals surface area contributed by atoms with Crippen molar-refractivity contribution in [3.8, 4) is 22.3 Å². The molecule has 0 fully saturated rings. The summed E-state index contributed by atoms with van der Waals surface area (Å²) in [5, 5.41) is 2.77. The van der Waals surface area contributed by atoms with Crippen molar-refractivity contribution in [3.63, 3.8) is 0 Å². The van der Waals surface area contributed by atoms with Gasteiger partial charge in [0, 0.05) is 45.0 Å². The molecule has 0 N–H and O–H groups in total. The van der Waals surface area contributed by atoms with Crippen LogP contribution >= 0.6 is 0 Å². The van der Waals surface area contributed by atoms with Crippen LogP contribution in [0.25, 0.3) is 33.0 Å². The fraction of sp³-hybridized carbons (Fsp3) is 0.179. The smallest absolute Gasteiger partial charge is 0.0493 e. The Morgan fingerprint density at radius 3 is 1.29 bits per heavy atom. The van der Waals surface area contributed by atoms with E-state index in [9.17, 15) is 0 Å². The second kappa shape index (κ2) is 12.1. The van der Waals surface area contributed by atoms with E-state index in [1.807, 2.05) is 0 Å². The van der Waals surface area contributed by atoms with Crippen LogP contribution in [0.4, 0.5) is 34.1 Å². The molecule has 2 heterocycles. The Morgan fingerprint density at radius 2 is 0.793 bits per heavy atom. The van der Waals surface area contributed by atoms with Crippen LogP contribution in [0.5, 0.6) is 0 Å². The highest BCUT2D eigenvalue weighted by atomic mass is 15.2. The average molecular weight is 747 g/mol. The number of hydrogen-bond donors (Lipinski definition) is 0. The molecule has 2 aliphatic carbocycles. The van der Waals surface area contributed by atoms with Gasteiger partial charge < -0.3 is 9.80 Å². The van der Waals surface area contributed by atoms with E-state index >= 15 is 0 Å². The Bertz CT molecular complexity index is 2940. The number of aryl methyl sites for hydroxylation is 4. The standard InChI is InChI=1S/C56H46N2/c1-55(2)45-19-13-18-43-53-42-31-29-40(58-51-22-11-7-16-37(51)26-27-38-17-8-12-23-52(38)58)33-47(42)56(3,4)48(53)34-44(54(43)45)41-30-28-39(32-46(41)55)57-49-20-9-5-14-35(49)24-25-36-15-6-10-21-50(36)57/h5-23,28-34H,24-27H2,1-4H3. The molecular weight excluding hydrogens is 701 g/mol. The highest BCUT2D eigenvalue weighted by molar-refractivity contribution is 6.13. The van der Waals surface area contributed by atoms with Crippen LogP contribution in [0, 0.1) is 0 Å². The van der Waals surface area contributed by atoms with E-state index in [0.717, 1.165) is 25.7 Å². The molecule has 0 radical (unpaired) electrons. The normalized spacial score (nSPS) is 16.2. The number of rotatable bonds is 2. The zero-order valence-corrected chi connectivity index (χ0v) is 33.7. The fourth-order valence-corrected chi connectivity index (χ4v) is 11.2. The lowest BCUT2D eigenvalue weighted by molar-refractivity contribution is 0.644. The number of fused-ring (bicyclic) bond motifs is 10.